The van der Waals surface area contributed by atoms with Crippen LogP contribution in [0.4, 0.5) is 4.39 Å². The number of amides is 1. The Bertz CT molecular complexity index is 1410. The summed E-state index contributed by atoms with van der Waals surface area (Å²) in [6, 6.07) is 4.73. The number of fused-ring (bicyclic) bond motifs is 5. The molecule has 2 aromatic heterocycles. The molecule has 1 unspecified atom stereocenters. The molecular weight excluding hydrogens is 433 g/mol. The molecule has 9 nitrogen and oxygen atoms in total. The maximum absolute atomic E-state index is 14.7. The van der Waals surface area contributed by atoms with Gasteiger partial charge in [0, 0.05) is 36.2 Å². The van der Waals surface area contributed by atoms with E-state index in [0.29, 0.717) is 33.4 Å². The predicted octanol–water partition coefficient (Wildman–Crippen LogP) is 1.23. The van der Waals surface area contributed by atoms with E-state index < -0.39 is 17.9 Å². The van der Waals surface area contributed by atoms with Crippen molar-refractivity contribution in [2.75, 3.05) is 13.7 Å². The Morgan fingerprint density at radius 1 is 1.36 bits per heavy atom. The number of carbonyl (C=O) groups is 2. The van der Waals surface area contributed by atoms with Crippen LogP contribution >= 0.6 is 0 Å². The molecule has 0 fully saturated rings. The summed E-state index contributed by atoms with van der Waals surface area (Å²) in [6.45, 7) is 1.64. The molecule has 0 radical (unpaired) electrons. The average Bonchev–Trinajstić information content (AvgIpc) is 3.14. The Morgan fingerprint density at radius 3 is 2.91 bits per heavy atom. The first-order valence-electron chi connectivity index (χ1n) is 10.3. The van der Waals surface area contributed by atoms with Crippen LogP contribution in [0.15, 0.2) is 23.0 Å². The van der Waals surface area contributed by atoms with E-state index in [-0.39, 0.29) is 48.9 Å². The molecule has 0 bridgehead atoms. The fourth-order valence-electron chi connectivity index (χ4n) is 4.40. The molecule has 2 aliphatic rings. The Balaban J connectivity index is 1.65. The number of nitrogens with zero attached hydrogens (tertiary/aromatic N) is 2. The number of ether oxygens (including phenoxy) is 2. The largest absolute Gasteiger partial charge is 0.458 e. The minimum absolute atomic E-state index is 0.0928. The molecule has 1 aromatic carbocycles. The van der Waals surface area contributed by atoms with E-state index in [2.05, 4.69) is 10.3 Å². The van der Waals surface area contributed by atoms with E-state index in [9.17, 15) is 23.9 Å². The Kier molecular flexibility index (Phi) is 4.98. The number of rotatable bonds is 4. The molecule has 1 amide bonds. The van der Waals surface area contributed by atoms with Crippen molar-refractivity contribution in [2.24, 2.45) is 0 Å². The zero-order chi connectivity index (χ0) is 23.4. The number of cyclic esters (lactones) is 1. The van der Waals surface area contributed by atoms with E-state index in [1.165, 1.54) is 17.7 Å². The quantitative estimate of drug-likeness (QED) is 0.446. The van der Waals surface area contributed by atoms with Crippen molar-refractivity contribution in [1.29, 1.82) is 0 Å². The summed E-state index contributed by atoms with van der Waals surface area (Å²) in [4.78, 5) is 41.3. The highest BCUT2D eigenvalue weighted by atomic mass is 19.1. The number of esters is 1. The fourth-order valence-corrected chi connectivity index (χ4v) is 4.40. The maximum Gasteiger partial charge on any atom is 0.340 e. The highest BCUT2D eigenvalue weighted by Gasteiger charge is 2.34. The number of hydrogen-bond donors (Lipinski definition) is 2. The van der Waals surface area contributed by atoms with Gasteiger partial charge in [-0.05, 0) is 30.2 Å². The van der Waals surface area contributed by atoms with Gasteiger partial charge in [-0.1, -0.05) is 0 Å². The minimum Gasteiger partial charge on any atom is -0.458 e. The van der Waals surface area contributed by atoms with Crippen LogP contribution in [0, 0.1) is 12.7 Å². The van der Waals surface area contributed by atoms with Gasteiger partial charge in [0.2, 0.25) is 5.91 Å². The van der Waals surface area contributed by atoms with Crippen molar-refractivity contribution < 1.29 is 28.6 Å². The van der Waals surface area contributed by atoms with Gasteiger partial charge in [0.25, 0.3) is 5.56 Å². The summed E-state index contributed by atoms with van der Waals surface area (Å²) >= 11 is 0. The van der Waals surface area contributed by atoms with Crippen molar-refractivity contribution in [3.8, 4) is 11.4 Å². The van der Waals surface area contributed by atoms with E-state index in [0.717, 1.165) is 5.56 Å². The third-order valence-corrected chi connectivity index (χ3v) is 6.15. The van der Waals surface area contributed by atoms with Crippen molar-refractivity contribution >= 4 is 22.8 Å². The van der Waals surface area contributed by atoms with E-state index >= 15 is 0 Å². The summed E-state index contributed by atoms with van der Waals surface area (Å²) in [7, 11) is 1.41. The molecule has 2 N–H and O–H groups in total. The summed E-state index contributed by atoms with van der Waals surface area (Å²) < 4.78 is 25.9. The molecule has 10 heteroatoms. The number of nitrogens with one attached hydrogen (secondary N) is 1. The first-order valence-corrected chi connectivity index (χ1v) is 10.3. The zero-order valence-corrected chi connectivity index (χ0v) is 17.9. The van der Waals surface area contributed by atoms with Crippen LogP contribution in [-0.4, -0.2) is 40.3 Å². The lowest BCUT2D eigenvalue weighted by Gasteiger charge is -2.21. The number of aliphatic hydroxyl groups is 1. The van der Waals surface area contributed by atoms with Crippen molar-refractivity contribution in [2.45, 2.75) is 32.7 Å². The topological polar surface area (TPSA) is 120 Å². The fraction of sp³-hybridized carbons (Fsp3) is 0.304. The molecule has 33 heavy (non-hydrogen) atoms. The number of aliphatic hydroxyl groups excluding tert-OH is 1. The van der Waals surface area contributed by atoms with Crippen LogP contribution in [0.2, 0.25) is 0 Å². The molecule has 2 aliphatic heterocycles. The Labute approximate surface area is 186 Å². The van der Waals surface area contributed by atoms with Crippen LogP contribution in [0.3, 0.4) is 0 Å². The van der Waals surface area contributed by atoms with Gasteiger partial charge in [0.05, 0.1) is 29.0 Å². The van der Waals surface area contributed by atoms with Gasteiger partial charge < -0.3 is 24.5 Å². The monoisotopic (exact) mass is 453 g/mol. The molecule has 1 atom stereocenters. The molecule has 170 valence electrons. The van der Waals surface area contributed by atoms with Crippen molar-refractivity contribution in [1.82, 2.24) is 14.9 Å². The van der Waals surface area contributed by atoms with Crippen LogP contribution in [0.5, 0.6) is 0 Å². The molecule has 4 heterocycles. The van der Waals surface area contributed by atoms with E-state index in [1.807, 2.05) is 6.07 Å². The average molecular weight is 453 g/mol. The Morgan fingerprint density at radius 2 is 2.15 bits per heavy atom. The number of hydrogen-bond acceptors (Lipinski definition) is 7. The first kappa shape index (κ1) is 21.2. The van der Waals surface area contributed by atoms with Crippen LogP contribution < -0.4 is 10.9 Å². The van der Waals surface area contributed by atoms with Gasteiger partial charge in [-0.2, -0.15) is 0 Å². The zero-order valence-electron chi connectivity index (χ0n) is 17.9. The lowest BCUT2D eigenvalue weighted by atomic mass is 9.98. The maximum atomic E-state index is 14.7. The summed E-state index contributed by atoms with van der Waals surface area (Å²) in [6.07, 6.45) is -1.54. The number of pyridine rings is 2. The smallest absolute Gasteiger partial charge is 0.340 e. The minimum atomic E-state index is -1.54. The van der Waals surface area contributed by atoms with Crippen LogP contribution in [-0.2, 0) is 38.8 Å². The van der Waals surface area contributed by atoms with Gasteiger partial charge in [-0.25, -0.2) is 14.2 Å². The normalized spacial score (nSPS) is 16.2. The molecule has 0 spiro atoms. The highest BCUT2D eigenvalue weighted by molar-refractivity contribution is 5.89. The molecular formula is C23H20FN3O6. The second kappa shape index (κ2) is 7.75. The number of carbonyl (C=O) groups excluding carboxylic acids is 2. The van der Waals surface area contributed by atoms with Crippen molar-refractivity contribution in [3.05, 3.63) is 62.2 Å². The van der Waals surface area contributed by atoms with E-state index in [1.54, 1.807) is 13.0 Å². The second-order valence-corrected chi connectivity index (χ2v) is 8.10. The van der Waals surface area contributed by atoms with Gasteiger partial charge in [-0.3, -0.25) is 9.59 Å². The lowest BCUT2D eigenvalue weighted by Crippen LogP contribution is -2.32. The first-order chi connectivity index (χ1) is 15.8. The molecule has 0 saturated carbocycles. The van der Waals surface area contributed by atoms with Crippen LogP contribution in [0.1, 0.15) is 33.9 Å². The number of methoxy groups -OCH3 is 1. The van der Waals surface area contributed by atoms with Gasteiger partial charge in [0.1, 0.15) is 19.0 Å². The van der Waals surface area contributed by atoms with Gasteiger partial charge >= 0.3 is 5.97 Å². The van der Waals surface area contributed by atoms with Gasteiger partial charge in [0.15, 0.2) is 6.10 Å². The third kappa shape index (κ3) is 3.30. The van der Waals surface area contributed by atoms with Crippen molar-refractivity contribution in [3.63, 3.8) is 0 Å². The molecule has 0 aliphatic carbocycles. The van der Waals surface area contributed by atoms with Crippen LogP contribution in [0.25, 0.3) is 22.3 Å². The molecule has 3 aromatic rings. The second-order valence-electron chi connectivity index (χ2n) is 8.10. The number of halogens is 1. The molecule has 5 rings (SSSR count). The summed E-state index contributed by atoms with van der Waals surface area (Å²) in [5.41, 5.74) is 3.06. The number of benzene rings is 1. The van der Waals surface area contributed by atoms with E-state index in [4.69, 9.17) is 9.47 Å². The highest BCUT2D eigenvalue weighted by Crippen LogP contribution is 2.36. The third-order valence-electron chi connectivity index (χ3n) is 6.15. The standard InChI is InChI=1S/C23H20FN3O6/c1-10-14(6-25-19(28)9-32-2)12-3-11-7-27-18(20(11)26-17(12)5-16(10)24)4-13-15(22(27)30)8-33-23(31)21(13)29/h3-5,21,29H,6-9H2,1-2H3,(H,25,28). The molecule has 0 saturated heterocycles. The number of aromatic nitrogens is 2. The summed E-state index contributed by atoms with van der Waals surface area (Å²) in [5, 5.41) is 13.6. The SMILES string of the molecule is COCC(=O)NCc1c(C)c(F)cc2nc3c(cc12)Cn1c-3cc2c(c1=O)COC(=O)C2O. The lowest BCUT2D eigenvalue weighted by molar-refractivity contribution is -0.157. The predicted molar refractivity (Wildman–Crippen MR) is 114 cm³/mol. The Hall–Kier alpha value is -3.63. The van der Waals surface area contributed by atoms with Gasteiger partial charge in [-0.15, -0.1) is 0 Å². The summed E-state index contributed by atoms with van der Waals surface area (Å²) in [5.74, 6) is -1.61.